The summed E-state index contributed by atoms with van der Waals surface area (Å²) in [5, 5.41) is 2.64. The van der Waals surface area contributed by atoms with Gasteiger partial charge in [-0.3, -0.25) is 4.79 Å². The number of carbonyl (C=O) groups excluding carboxylic acids is 1. The molecule has 0 aliphatic rings. The number of pyridine rings is 1. The molecule has 2 aromatic rings. The molecule has 104 valence electrons. The first kappa shape index (κ1) is 13.8. The Morgan fingerprint density at radius 1 is 1.30 bits per heavy atom. The number of nitrogens with two attached hydrogens (primary N) is 1. The molecule has 1 aromatic heterocycles. The number of rotatable bonds is 3. The van der Waals surface area contributed by atoms with Crippen molar-refractivity contribution in [2.24, 2.45) is 0 Å². The van der Waals surface area contributed by atoms with E-state index in [2.05, 4.69) is 10.3 Å². The molecule has 0 saturated carbocycles. The van der Waals surface area contributed by atoms with Gasteiger partial charge in [0.15, 0.2) is 0 Å². The van der Waals surface area contributed by atoms with E-state index in [9.17, 15) is 9.18 Å². The Bertz CT molecular complexity index is 626. The Kier molecular flexibility index (Phi) is 3.84. The first-order valence-electron chi connectivity index (χ1n) is 5.97. The normalized spacial score (nSPS) is 10.2. The average Bonchev–Trinajstić information content (AvgIpc) is 2.42. The van der Waals surface area contributed by atoms with Gasteiger partial charge in [0.2, 0.25) is 0 Å². The summed E-state index contributed by atoms with van der Waals surface area (Å²) in [6, 6.07) is 7.44. The number of aromatic nitrogens is 1. The molecule has 0 unspecified atom stereocenters. The van der Waals surface area contributed by atoms with Crippen molar-refractivity contribution < 1.29 is 9.18 Å². The summed E-state index contributed by atoms with van der Waals surface area (Å²) in [5.41, 5.74) is 6.12. The lowest BCUT2D eigenvalue weighted by Crippen LogP contribution is -2.14. The van der Waals surface area contributed by atoms with Crippen molar-refractivity contribution >= 4 is 23.1 Å². The van der Waals surface area contributed by atoms with Crippen LogP contribution in [0.15, 0.2) is 36.5 Å². The van der Waals surface area contributed by atoms with Crippen LogP contribution in [0.25, 0.3) is 0 Å². The molecule has 3 N–H and O–H groups in total. The van der Waals surface area contributed by atoms with Crippen LogP contribution in [-0.4, -0.2) is 25.0 Å². The molecular formula is C14H15FN4O. The second-order valence-electron chi connectivity index (χ2n) is 4.49. The van der Waals surface area contributed by atoms with Crippen molar-refractivity contribution in [3.8, 4) is 0 Å². The number of nitrogen functional groups attached to an aromatic ring is 1. The summed E-state index contributed by atoms with van der Waals surface area (Å²) in [6.45, 7) is 0. The summed E-state index contributed by atoms with van der Waals surface area (Å²) in [5.74, 6) is -0.247. The smallest absolute Gasteiger partial charge is 0.255 e. The van der Waals surface area contributed by atoms with Gasteiger partial charge in [0.1, 0.15) is 11.6 Å². The standard InChI is InChI=1S/C14H15FN4O/c1-19(2)13-6-4-10(8-17-13)18-14(20)9-3-5-12(16)11(15)7-9/h3-8H,16H2,1-2H3,(H,18,20). The summed E-state index contributed by atoms with van der Waals surface area (Å²) in [7, 11) is 3.75. The highest BCUT2D eigenvalue weighted by Crippen LogP contribution is 2.15. The fourth-order valence-corrected chi connectivity index (χ4v) is 1.60. The number of hydrogen-bond acceptors (Lipinski definition) is 4. The third-order valence-electron chi connectivity index (χ3n) is 2.73. The Labute approximate surface area is 116 Å². The summed E-state index contributed by atoms with van der Waals surface area (Å²) >= 11 is 0. The zero-order valence-corrected chi connectivity index (χ0v) is 11.2. The minimum atomic E-state index is -0.612. The molecule has 0 radical (unpaired) electrons. The van der Waals surface area contributed by atoms with Crippen LogP contribution in [0, 0.1) is 5.82 Å². The molecule has 0 bridgehead atoms. The number of nitrogens with zero attached hydrogens (tertiary/aromatic N) is 2. The molecule has 6 heteroatoms. The van der Waals surface area contributed by atoms with Gasteiger partial charge in [0.25, 0.3) is 5.91 Å². The number of nitrogens with one attached hydrogen (secondary N) is 1. The maximum absolute atomic E-state index is 13.3. The van der Waals surface area contributed by atoms with Crippen molar-refractivity contribution in [2.45, 2.75) is 0 Å². The molecule has 2 rings (SSSR count). The second-order valence-corrected chi connectivity index (χ2v) is 4.49. The van der Waals surface area contributed by atoms with Crippen LogP contribution in [0.3, 0.4) is 0 Å². The van der Waals surface area contributed by atoms with Crippen LogP contribution in [0.2, 0.25) is 0 Å². The first-order chi connectivity index (χ1) is 9.47. The van der Waals surface area contributed by atoms with Crippen LogP contribution < -0.4 is 16.0 Å². The van der Waals surface area contributed by atoms with Crippen LogP contribution in [-0.2, 0) is 0 Å². The summed E-state index contributed by atoms with van der Waals surface area (Å²) < 4.78 is 13.3. The molecule has 5 nitrogen and oxygen atoms in total. The van der Waals surface area contributed by atoms with E-state index in [0.717, 1.165) is 11.9 Å². The van der Waals surface area contributed by atoms with Gasteiger partial charge in [-0.15, -0.1) is 0 Å². The average molecular weight is 274 g/mol. The highest BCUT2D eigenvalue weighted by Gasteiger charge is 2.09. The van der Waals surface area contributed by atoms with E-state index in [-0.39, 0.29) is 11.3 Å². The molecule has 20 heavy (non-hydrogen) atoms. The van der Waals surface area contributed by atoms with Gasteiger partial charge in [-0.05, 0) is 30.3 Å². The van der Waals surface area contributed by atoms with E-state index in [0.29, 0.717) is 5.69 Å². The molecular weight excluding hydrogens is 259 g/mol. The maximum atomic E-state index is 13.3. The number of anilines is 3. The molecule has 0 aliphatic carbocycles. The summed E-state index contributed by atoms with van der Waals surface area (Å²) in [4.78, 5) is 18.0. The van der Waals surface area contributed by atoms with Gasteiger partial charge in [-0.2, -0.15) is 0 Å². The third kappa shape index (κ3) is 3.03. The topological polar surface area (TPSA) is 71.2 Å². The third-order valence-corrected chi connectivity index (χ3v) is 2.73. The van der Waals surface area contributed by atoms with Gasteiger partial charge < -0.3 is 16.0 Å². The fraction of sp³-hybridized carbons (Fsp3) is 0.143. The number of benzene rings is 1. The summed E-state index contributed by atoms with van der Waals surface area (Å²) in [6.07, 6.45) is 1.54. The molecule has 0 atom stereocenters. The van der Waals surface area contributed by atoms with Crippen molar-refractivity contribution in [2.75, 3.05) is 30.0 Å². The Morgan fingerprint density at radius 3 is 2.60 bits per heavy atom. The van der Waals surface area contributed by atoms with E-state index in [1.807, 2.05) is 19.0 Å². The van der Waals surface area contributed by atoms with Crippen molar-refractivity contribution in [3.63, 3.8) is 0 Å². The zero-order chi connectivity index (χ0) is 14.7. The minimum absolute atomic E-state index is 0.0125. The van der Waals surface area contributed by atoms with E-state index in [1.165, 1.54) is 12.1 Å². The molecule has 0 fully saturated rings. The monoisotopic (exact) mass is 274 g/mol. The lowest BCUT2D eigenvalue weighted by Gasteiger charge is -2.11. The van der Waals surface area contributed by atoms with Crippen LogP contribution in [0.4, 0.5) is 21.6 Å². The van der Waals surface area contributed by atoms with Gasteiger partial charge in [-0.25, -0.2) is 9.37 Å². The van der Waals surface area contributed by atoms with Crippen molar-refractivity contribution in [3.05, 3.63) is 47.9 Å². The molecule has 0 spiro atoms. The highest BCUT2D eigenvalue weighted by molar-refractivity contribution is 6.04. The van der Waals surface area contributed by atoms with Gasteiger partial charge in [0, 0.05) is 19.7 Å². The van der Waals surface area contributed by atoms with E-state index < -0.39 is 11.7 Å². The highest BCUT2D eigenvalue weighted by atomic mass is 19.1. The predicted molar refractivity (Wildman–Crippen MR) is 77.3 cm³/mol. The SMILES string of the molecule is CN(C)c1ccc(NC(=O)c2ccc(N)c(F)c2)cn1. The second kappa shape index (κ2) is 5.56. The number of amides is 1. The number of carbonyl (C=O) groups is 1. The largest absolute Gasteiger partial charge is 0.396 e. The number of hydrogen-bond donors (Lipinski definition) is 2. The van der Waals surface area contributed by atoms with E-state index in [1.54, 1.807) is 18.3 Å². The van der Waals surface area contributed by atoms with Crippen LogP contribution >= 0.6 is 0 Å². The Morgan fingerprint density at radius 2 is 2.05 bits per heavy atom. The molecule has 0 aliphatic heterocycles. The Hall–Kier alpha value is -2.63. The molecule has 0 saturated heterocycles. The molecule has 1 aromatic carbocycles. The first-order valence-corrected chi connectivity index (χ1v) is 5.97. The zero-order valence-electron chi connectivity index (χ0n) is 11.2. The predicted octanol–water partition coefficient (Wildman–Crippen LogP) is 2.12. The van der Waals surface area contributed by atoms with Crippen molar-refractivity contribution in [1.29, 1.82) is 0 Å². The minimum Gasteiger partial charge on any atom is -0.396 e. The molecule has 1 amide bonds. The van der Waals surface area contributed by atoms with E-state index in [4.69, 9.17) is 5.73 Å². The van der Waals surface area contributed by atoms with Crippen molar-refractivity contribution in [1.82, 2.24) is 4.98 Å². The lowest BCUT2D eigenvalue weighted by atomic mass is 10.2. The maximum Gasteiger partial charge on any atom is 0.255 e. The van der Waals surface area contributed by atoms with Gasteiger partial charge in [-0.1, -0.05) is 0 Å². The van der Waals surface area contributed by atoms with Gasteiger partial charge >= 0.3 is 0 Å². The van der Waals surface area contributed by atoms with Gasteiger partial charge in [0.05, 0.1) is 17.6 Å². The Balaban J connectivity index is 2.12. The lowest BCUT2D eigenvalue weighted by molar-refractivity contribution is 0.102. The van der Waals surface area contributed by atoms with Crippen LogP contribution in [0.5, 0.6) is 0 Å². The molecule has 1 heterocycles. The quantitative estimate of drug-likeness (QED) is 0.841. The number of halogens is 1. The fourth-order valence-electron chi connectivity index (χ4n) is 1.60. The van der Waals surface area contributed by atoms with Crippen LogP contribution in [0.1, 0.15) is 10.4 Å². The van der Waals surface area contributed by atoms with E-state index >= 15 is 0 Å².